The minimum Gasteiger partial charge on any atom is -0.461 e. The van der Waals surface area contributed by atoms with Gasteiger partial charge in [-0.15, -0.1) is 0 Å². The number of carbonyl (C=O) groups excluding carboxylic acids is 1. The van der Waals surface area contributed by atoms with Crippen molar-refractivity contribution in [3.05, 3.63) is 59.6 Å². The van der Waals surface area contributed by atoms with E-state index in [0.717, 1.165) is 8.96 Å². The van der Waals surface area contributed by atoms with Crippen LogP contribution >= 0.6 is 78.3 Å². The van der Waals surface area contributed by atoms with Crippen molar-refractivity contribution in [2.45, 2.75) is 20.5 Å². The molecule has 160 valence electrons. The van der Waals surface area contributed by atoms with Gasteiger partial charge in [0.15, 0.2) is 16.1 Å². The maximum Gasteiger partial charge on any atom is 0.310 e. The lowest BCUT2D eigenvalue weighted by Gasteiger charge is -2.12. The SMILES string of the molecule is CC1(C)C(C=C(Br)Br)C1C(=O)OCc1cccc(Oc2c(Cl)c(Cl)nc(Cl)c2Cl)c1. The van der Waals surface area contributed by atoms with E-state index in [4.69, 9.17) is 55.9 Å². The van der Waals surface area contributed by atoms with Crippen molar-refractivity contribution < 1.29 is 14.3 Å². The van der Waals surface area contributed by atoms with Crippen molar-refractivity contribution in [2.75, 3.05) is 0 Å². The topological polar surface area (TPSA) is 48.4 Å². The van der Waals surface area contributed by atoms with E-state index in [1.165, 1.54) is 0 Å². The Balaban J connectivity index is 1.69. The van der Waals surface area contributed by atoms with Crippen molar-refractivity contribution in [1.29, 1.82) is 0 Å². The van der Waals surface area contributed by atoms with E-state index < -0.39 is 0 Å². The molecule has 1 aliphatic rings. The fourth-order valence-corrected chi connectivity index (χ4v) is 4.55. The van der Waals surface area contributed by atoms with Crippen LogP contribution in [0.1, 0.15) is 19.4 Å². The standard InChI is InChI=1S/C20H15Br2Cl4NO3/c1-20(2)11(7-12(21)22)13(20)19(28)29-8-9-4-3-5-10(6-9)30-16-14(23)17(25)27-18(26)15(16)24/h3-7,11,13H,8H2,1-2H3. The summed E-state index contributed by atoms with van der Waals surface area (Å²) in [5.74, 6) is 0.209. The summed E-state index contributed by atoms with van der Waals surface area (Å²) < 4.78 is 12.1. The number of hydrogen-bond acceptors (Lipinski definition) is 4. The number of allylic oxidation sites excluding steroid dienone is 1. The third-order valence-corrected chi connectivity index (χ3v) is 6.90. The fourth-order valence-electron chi connectivity index (χ4n) is 3.19. The van der Waals surface area contributed by atoms with Gasteiger partial charge < -0.3 is 9.47 Å². The van der Waals surface area contributed by atoms with Crippen LogP contribution in [0, 0.1) is 17.3 Å². The molecule has 0 spiro atoms. The van der Waals surface area contributed by atoms with Crippen LogP contribution in [0.15, 0.2) is 33.7 Å². The number of nitrogens with zero attached hydrogens (tertiary/aromatic N) is 1. The first kappa shape index (κ1) is 24.1. The third-order valence-electron chi connectivity index (χ3n) is 4.93. The lowest BCUT2D eigenvalue weighted by atomic mass is 10.1. The van der Waals surface area contributed by atoms with Crippen LogP contribution in [0.25, 0.3) is 0 Å². The summed E-state index contributed by atoms with van der Waals surface area (Å²) in [4.78, 5) is 16.4. The van der Waals surface area contributed by atoms with E-state index in [2.05, 4.69) is 36.8 Å². The predicted molar refractivity (Wildman–Crippen MR) is 127 cm³/mol. The second kappa shape index (κ2) is 9.55. The molecule has 1 fully saturated rings. The number of benzene rings is 1. The number of carbonyl (C=O) groups is 1. The second-order valence-corrected chi connectivity index (χ2v) is 11.5. The van der Waals surface area contributed by atoms with Gasteiger partial charge in [-0.3, -0.25) is 4.79 Å². The Morgan fingerprint density at radius 1 is 1.17 bits per heavy atom. The zero-order valence-electron chi connectivity index (χ0n) is 15.7. The highest BCUT2D eigenvalue weighted by atomic mass is 79.9. The lowest BCUT2D eigenvalue weighted by molar-refractivity contribution is -0.147. The molecule has 30 heavy (non-hydrogen) atoms. The van der Waals surface area contributed by atoms with Crippen LogP contribution in [0.4, 0.5) is 0 Å². The highest BCUT2D eigenvalue weighted by Crippen LogP contribution is 2.60. The van der Waals surface area contributed by atoms with Gasteiger partial charge in [0, 0.05) is 0 Å². The maximum absolute atomic E-state index is 12.5. The van der Waals surface area contributed by atoms with E-state index in [-0.39, 0.29) is 55.9 Å². The number of esters is 1. The number of ether oxygens (including phenoxy) is 2. The van der Waals surface area contributed by atoms with E-state index in [0.29, 0.717) is 5.75 Å². The van der Waals surface area contributed by atoms with Crippen molar-refractivity contribution in [3.63, 3.8) is 0 Å². The van der Waals surface area contributed by atoms with Gasteiger partial charge in [-0.25, -0.2) is 4.98 Å². The summed E-state index contributed by atoms with van der Waals surface area (Å²) >= 11 is 30.8. The van der Waals surface area contributed by atoms with Gasteiger partial charge in [0.1, 0.15) is 22.4 Å². The van der Waals surface area contributed by atoms with Gasteiger partial charge in [-0.05, 0) is 60.9 Å². The molecule has 1 aliphatic carbocycles. The molecule has 1 heterocycles. The zero-order chi connectivity index (χ0) is 22.2. The molecular weight excluding hydrogens is 604 g/mol. The molecule has 2 unspecified atom stereocenters. The summed E-state index contributed by atoms with van der Waals surface area (Å²) in [6.07, 6.45) is 1.97. The first-order chi connectivity index (χ1) is 14.0. The molecule has 0 saturated heterocycles. The van der Waals surface area contributed by atoms with E-state index in [9.17, 15) is 4.79 Å². The Hall–Kier alpha value is -0.500. The molecule has 4 nitrogen and oxygen atoms in total. The smallest absolute Gasteiger partial charge is 0.310 e. The predicted octanol–water partition coefficient (Wildman–Crippen LogP) is 8.43. The lowest BCUT2D eigenvalue weighted by Crippen LogP contribution is -2.10. The Labute approximate surface area is 211 Å². The fraction of sp³-hybridized carbons (Fsp3) is 0.300. The normalized spacial score (nSPS) is 19.2. The van der Waals surface area contributed by atoms with Gasteiger partial charge in [-0.2, -0.15) is 0 Å². The van der Waals surface area contributed by atoms with Gasteiger partial charge in [0.05, 0.1) is 9.31 Å². The van der Waals surface area contributed by atoms with Crippen molar-refractivity contribution >= 4 is 84.2 Å². The Morgan fingerprint density at radius 3 is 2.40 bits per heavy atom. The molecule has 0 N–H and O–H groups in total. The number of rotatable bonds is 6. The molecule has 0 bridgehead atoms. The molecule has 0 aliphatic heterocycles. The summed E-state index contributed by atoms with van der Waals surface area (Å²) in [5.41, 5.74) is 0.592. The molecule has 1 aromatic heterocycles. The summed E-state index contributed by atoms with van der Waals surface area (Å²) in [5, 5.41) is 0.0701. The largest absolute Gasteiger partial charge is 0.461 e. The van der Waals surface area contributed by atoms with Gasteiger partial charge >= 0.3 is 5.97 Å². The van der Waals surface area contributed by atoms with Crippen molar-refractivity contribution in [2.24, 2.45) is 17.3 Å². The van der Waals surface area contributed by atoms with Crippen LogP contribution in [-0.4, -0.2) is 11.0 Å². The molecule has 10 heteroatoms. The van der Waals surface area contributed by atoms with Crippen LogP contribution in [0.5, 0.6) is 11.5 Å². The van der Waals surface area contributed by atoms with E-state index in [1.807, 2.05) is 26.0 Å². The molecular formula is C20H15Br2Cl4NO3. The van der Waals surface area contributed by atoms with Crippen molar-refractivity contribution in [1.82, 2.24) is 4.98 Å². The van der Waals surface area contributed by atoms with Crippen LogP contribution in [-0.2, 0) is 16.1 Å². The van der Waals surface area contributed by atoms with Crippen molar-refractivity contribution in [3.8, 4) is 11.5 Å². The highest BCUT2D eigenvalue weighted by Gasteiger charge is 2.61. The highest BCUT2D eigenvalue weighted by molar-refractivity contribution is 9.28. The Kier molecular flexibility index (Phi) is 7.69. The molecule has 3 rings (SSSR count). The Morgan fingerprint density at radius 2 is 1.80 bits per heavy atom. The number of pyridine rings is 1. The van der Waals surface area contributed by atoms with Crippen LogP contribution < -0.4 is 4.74 Å². The second-order valence-electron chi connectivity index (χ2n) is 7.29. The monoisotopic (exact) mass is 615 g/mol. The molecule has 0 amide bonds. The quantitative estimate of drug-likeness (QED) is 0.241. The van der Waals surface area contributed by atoms with E-state index >= 15 is 0 Å². The minimum absolute atomic E-state index is 0.0167. The maximum atomic E-state index is 12.5. The van der Waals surface area contributed by atoms with E-state index in [1.54, 1.807) is 18.2 Å². The Bertz CT molecular complexity index is 999. The summed E-state index contributed by atoms with van der Waals surface area (Å²) in [7, 11) is 0. The first-order valence-corrected chi connectivity index (χ1v) is 11.8. The van der Waals surface area contributed by atoms with Gasteiger partial charge in [0.2, 0.25) is 0 Å². The number of halogens is 6. The number of aromatic nitrogens is 1. The van der Waals surface area contributed by atoms with Crippen LogP contribution in [0.2, 0.25) is 20.4 Å². The molecule has 1 saturated carbocycles. The van der Waals surface area contributed by atoms with Gasteiger partial charge in [-0.1, -0.05) is 78.5 Å². The zero-order valence-corrected chi connectivity index (χ0v) is 21.9. The average Bonchev–Trinajstić information content (AvgIpc) is 3.21. The summed E-state index contributed by atoms with van der Waals surface area (Å²) in [6.45, 7) is 4.18. The molecule has 1 aromatic carbocycles. The molecule has 2 atom stereocenters. The molecule has 2 aromatic rings. The molecule has 0 radical (unpaired) electrons. The average molecular weight is 619 g/mol. The first-order valence-electron chi connectivity index (χ1n) is 8.68. The third kappa shape index (κ3) is 5.28. The van der Waals surface area contributed by atoms with Gasteiger partial charge in [0.25, 0.3) is 0 Å². The van der Waals surface area contributed by atoms with Crippen LogP contribution in [0.3, 0.4) is 0 Å². The number of hydrogen-bond donors (Lipinski definition) is 0. The minimum atomic E-state index is -0.243. The summed E-state index contributed by atoms with van der Waals surface area (Å²) in [6, 6.07) is 7.00.